The summed E-state index contributed by atoms with van der Waals surface area (Å²) in [6.07, 6.45) is 8.72. The number of thioether (sulfide) groups is 1. The summed E-state index contributed by atoms with van der Waals surface area (Å²) in [6.45, 7) is 4.67. The van der Waals surface area contributed by atoms with Crippen LogP contribution in [0.3, 0.4) is 0 Å². The van der Waals surface area contributed by atoms with Crippen LogP contribution in [-0.4, -0.2) is 16.8 Å². The third-order valence-corrected chi connectivity index (χ3v) is 10.4. The molecule has 0 aliphatic heterocycles. The van der Waals surface area contributed by atoms with Crippen molar-refractivity contribution >= 4 is 29.0 Å². The van der Waals surface area contributed by atoms with Gasteiger partial charge in [0.15, 0.2) is 5.78 Å². The molecule has 29 heavy (non-hydrogen) atoms. The molecule has 0 radical (unpaired) electrons. The fourth-order valence-electron chi connectivity index (χ4n) is 7.23. The second-order valence-electron chi connectivity index (χ2n) is 10.1. The van der Waals surface area contributed by atoms with Gasteiger partial charge >= 0.3 is 0 Å². The van der Waals surface area contributed by atoms with Gasteiger partial charge in [0.1, 0.15) is 5.78 Å². The van der Waals surface area contributed by atoms with Gasteiger partial charge in [-0.25, -0.2) is 0 Å². The van der Waals surface area contributed by atoms with E-state index < -0.39 is 0 Å². The number of benzene rings is 1. The molecule has 3 saturated carbocycles. The number of anilines is 1. The topological polar surface area (TPSA) is 60.2 Å². The van der Waals surface area contributed by atoms with Crippen molar-refractivity contribution in [3.05, 3.63) is 35.9 Å². The molecule has 0 saturated heterocycles. The lowest BCUT2D eigenvalue weighted by atomic mass is 9.47. The summed E-state index contributed by atoms with van der Waals surface area (Å²) in [6, 6.07) is 8.07. The number of nitrogen functional groups attached to an aromatic ring is 1. The first-order chi connectivity index (χ1) is 13.8. The highest BCUT2D eigenvalue weighted by Gasteiger charge is 2.60. The van der Waals surface area contributed by atoms with Crippen molar-refractivity contribution in [2.24, 2.45) is 28.6 Å². The lowest BCUT2D eigenvalue weighted by Crippen LogP contribution is -2.54. The maximum absolute atomic E-state index is 12.7. The van der Waals surface area contributed by atoms with Crippen LogP contribution in [0, 0.1) is 28.6 Å². The Morgan fingerprint density at radius 2 is 1.76 bits per heavy atom. The number of carbonyl (C=O) groups excluding carboxylic acids is 2. The summed E-state index contributed by atoms with van der Waals surface area (Å²) >= 11 is 1.86. The predicted molar refractivity (Wildman–Crippen MR) is 118 cm³/mol. The lowest BCUT2D eigenvalue weighted by Gasteiger charge is -2.59. The van der Waals surface area contributed by atoms with Crippen LogP contribution in [0.2, 0.25) is 0 Å². The fraction of sp³-hybridized carbons (Fsp3) is 0.600. The van der Waals surface area contributed by atoms with E-state index in [9.17, 15) is 9.59 Å². The minimum absolute atomic E-state index is 0.0375. The van der Waals surface area contributed by atoms with Gasteiger partial charge in [0.2, 0.25) is 0 Å². The Labute approximate surface area is 177 Å². The van der Waals surface area contributed by atoms with Gasteiger partial charge in [-0.2, -0.15) is 0 Å². The van der Waals surface area contributed by atoms with E-state index in [1.165, 1.54) is 10.5 Å². The highest BCUT2D eigenvalue weighted by molar-refractivity contribution is 8.00. The van der Waals surface area contributed by atoms with Gasteiger partial charge in [-0.3, -0.25) is 9.59 Å². The normalized spacial score (nSPS) is 41.4. The molecule has 4 heteroatoms. The maximum atomic E-state index is 12.7. The minimum atomic E-state index is -0.0944. The molecule has 5 rings (SSSR count). The van der Waals surface area contributed by atoms with Gasteiger partial charge in [0.25, 0.3) is 0 Å². The molecule has 1 aromatic rings. The monoisotopic (exact) mass is 409 g/mol. The van der Waals surface area contributed by atoms with E-state index in [1.54, 1.807) is 0 Å². The smallest absolute Gasteiger partial charge is 0.156 e. The number of ketones is 2. The Morgan fingerprint density at radius 3 is 2.52 bits per heavy atom. The maximum Gasteiger partial charge on any atom is 0.156 e. The van der Waals surface area contributed by atoms with Crippen LogP contribution in [0.4, 0.5) is 5.69 Å². The van der Waals surface area contributed by atoms with Gasteiger partial charge in [-0.05, 0) is 80.2 Å². The average Bonchev–Trinajstić information content (AvgIpc) is 2.99. The van der Waals surface area contributed by atoms with Gasteiger partial charge in [0.05, 0.1) is 0 Å². The molecule has 3 fully saturated rings. The molecule has 1 aromatic carbocycles. The van der Waals surface area contributed by atoms with Crippen LogP contribution in [0.15, 0.2) is 40.8 Å². The number of fused-ring (bicyclic) bond motifs is 5. The number of nitrogens with two attached hydrogens (primary N) is 1. The Bertz CT molecular complexity index is 891. The van der Waals surface area contributed by atoms with Crippen molar-refractivity contribution in [2.45, 2.75) is 68.9 Å². The largest absolute Gasteiger partial charge is 0.399 e. The lowest BCUT2D eigenvalue weighted by molar-refractivity contribution is -0.132. The molecule has 1 unspecified atom stereocenters. The molecule has 0 spiro atoms. The summed E-state index contributed by atoms with van der Waals surface area (Å²) in [7, 11) is 0. The molecule has 0 amide bonds. The third kappa shape index (κ3) is 2.85. The second kappa shape index (κ2) is 6.73. The van der Waals surface area contributed by atoms with E-state index in [2.05, 4.69) is 26.0 Å². The summed E-state index contributed by atoms with van der Waals surface area (Å²) in [5.41, 5.74) is 7.96. The van der Waals surface area contributed by atoms with Gasteiger partial charge < -0.3 is 5.73 Å². The number of rotatable bonds is 2. The van der Waals surface area contributed by atoms with Gasteiger partial charge in [-0.1, -0.05) is 19.4 Å². The zero-order valence-corrected chi connectivity index (χ0v) is 18.3. The third-order valence-electron chi connectivity index (χ3n) is 8.90. The van der Waals surface area contributed by atoms with Crippen molar-refractivity contribution in [1.29, 1.82) is 0 Å². The summed E-state index contributed by atoms with van der Waals surface area (Å²) < 4.78 is 0. The highest BCUT2D eigenvalue weighted by Crippen LogP contribution is 2.66. The molecular formula is C25H31NO2S. The molecule has 0 aromatic heterocycles. The zero-order chi connectivity index (χ0) is 20.4. The second-order valence-corrected chi connectivity index (χ2v) is 11.4. The van der Waals surface area contributed by atoms with Crippen molar-refractivity contribution in [3.8, 4) is 0 Å². The Hall–Kier alpha value is -1.55. The van der Waals surface area contributed by atoms with E-state index >= 15 is 0 Å². The molecule has 6 atom stereocenters. The number of carbonyl (C=O) groups is 2. The number of hydrogen-bond acceptors (Lipinski definition) is 4. The Morgan fingerprint density at radius 1 is 1.00 bits per heavy atom. The molecule has 2 N–H and O–H groups in total. The molecule has 0 bridgehead atoms. The molecule has 4 aliphatic rings. The van der Waals surface area contributed by atoms with E-state index in [0.717, 1.165) is 44.2 Å². The first kappa shape index (κ1) is 19.4. The van der Waals surface area contributed by atoms with Crippen LogP contribution in [0.1, 0.15) is 58.8 Å². The Balaban J connectivity index is 1.50. The molecular weight excluding hydrogens is 378 g/mol. The summed E-state index contributed by atoms with van der Waals surface area (Å²) in [5, 5.41) is 0.257. The summed E-state index contributed by atoms with van der Waals surface area (Å²) in [4.78, 5) is 26.5. The predicted octanol–water partition coefficient (Wildman–Crippen LogP) is 5.44. The molecule has 0 heterocycles. The molecule has 4 aliphatic carbocycles. The number of Topliss-reactive ketones (excluding diaryl/α,β-unsaturated/α-hetero) is 1. The number of allylic oxidation sites excluding steroid dienone is 1. The van der Waals surface area contributed by atoms with Crippen LogP contribution in [-0.2, 0) is 9.59 Å². The van der Waals surface area contributed by atoms with Crippen molar-refractivity contribution in [2.75, 3.05) is 5.73 Å². The van der Waals surface area contributed by atoms with Gasteiger partial charge in [0, 0.05) is 39.5 Å². The van der Waals surface area contributed by atoms with E-state index in [4.69, 9.17) is 5.73 Å². The first-order valence-corrected chi connectivity index (χ1v) is 12.0. The Kier molecular flexibility index (Phi) is 4.51. The van der Waals surface area contributed by atoms with E-state index in [0.29, 0.717) is 30.0 Å². The first-order valence-electron chi connectivity index (χ1n) is 11.1. The summed E-state index contributed by atoms with van der Waals surface area (Å²) in [5.74, 6) is 2.50. The standard InChI is InChI=1S/C25H31NO2S/c1-24-12-11-21-19(20(24)9-10-22(24)28)8-3-15-13-17(27)14-23(25(15,21)2)29-18-6-4-16(26)5-7-18/h4-7,13,19-21,23H,3,8-12,14,26H2,1-2H3/t19-,20-,21-,23?,24-,25-/m0/s1. The fourth-order valence-corrected chi connectivity index (χ4v) is 8.67. The van der Waals surface area contributed by atoms with Crippen molar-refractivity contribution in [1.82, 2.24) is 0 Å². The zero-order valence-electron chi connectivity index (χ0n) is 17.4. The van der Waals surface area contributed by atoms with Crippen LogP contribution < -0.4 is 5.73 Å². The highest BCUT2D eigenvalue weighted by atomic mass is 32.2. The van der Waals surface area contributed by atoms with Crippen LogP contribution in [0.5, 0.6) is 0 Å². The van der Waals surface area contributed by atoms with Crippen LogP contribution >= 0.6 is 11.8 Å². The van der Waals surface area contributed by atoms with E-state index in [1.807, 2.05) is 30.0 Å². The number of hydrogen-bond donors (Lipinski definition) is 1. The van der Waals surface area contributed by atoms with E-state index in [-0.39, 0.29) is 21.9 Å². The quantitative estimate of drug-likeness (QED) is 0.661. The van der Waals surface area contributed by atoms with Crippen molar-refractivity contribution < 1.29 is 9.59 Å². The SMILES string of the molecule is C[C@]12CC[C@H]3[C@@H](CCC4=CC(=O)CC(Sc5ccc(N)cc5)[C@@]43C)[C@@H]1CCC2=O. The molecule has 154 valence electrons. The van der Waals surface area contributed by atoms with Crippen molar-refractivity contribution in [3.63, 3.8) is 0 Å². The van der Waals surface area contributed by atoms with Gasteiger partial charge in [-0.15, -0.1) is 11.8 Å². The molecule has 3 nitrogen and oxygen atoms in total. The van der Waals surface area contributed by atoms with Crippen LogP contribution in [0.25, 0.3) is 0 Å². The minimum Gasteiger partial charge on any atom is -0.399 e. The average molecular weight is 410 g/mol.